The van der Waals surface area contributed by atoms with Crippen molar-refractivity contribution in [1.82, 2.24) is 5.32 Å². The normalized spacial score (nSPS) is 20.6. The Labute approximate surface area is 135 Å². The summed E-state index contributed by atoms with van der Waals surface area (Å²) < 4.78 is 26.4. The number of amides is 1. The van der Waals surface area contributed by atoms with Crippen LogP contribution in [0.4, 0.5) is 0 Å². The molecule has 1 N–H and O–H groups in total. The van der Waals surface area contributed by atoms with Gasteiger partial charge in [0.05, 0.1) is 21.1 Å². The van der Waals surface area contributed by atoms with E-state index in [0.717, 1.165) is 9.40 Å². The van der Waals surface area contributed by atoms with Gasteiger partial charge in [-0.1, -0.05) is 18.2 Å². The molecule has 1 saturated heterocycles. The first-order chi connectivity index (χ1) is 10.5. The van der Waals surface area contributed by atoms with Crippen molar-refractivity contribution in [3.05, 3.63) is 35.2 Å². The first kappa shape index (κ1) is 14.2. The molecule has 22 heavy (non-hydrogen) atoms. The van der Waals surface area contributed by atoms with Crippen LogP contribution in [-0.2, 0) is 9.84 Å². The fourth-order valence-corrected chi connectivity index (χ4v) is 6.88. The first-order valence-electron chi connectivity index (χ1n) is 6.94. The van der Waals surface area contributed by atoms with Gasteiger partial charge in [0.15, 0.2) is 9.84 Å². The number of hydrogen-bond donors (Lipinski definition) is 1. The molecule has 3 heterocycles. The Balaban J connectivity index is 1.62. The molecule has 2 aromatic heterocycles. The molecule has 4 nitrogen and oxygen atoms in total. The fraction of sp³-hybridized carbons (Fsp3) is 0.267. The second kappa shape index (κ2) is 5.04. The lowest BCUT2D eigenvalue weighted by Gasteiger charge is -2.09. The topological polar surface area (TPSA) is 63.2 Å². The summed E-state index contributed by atoms with van der Waals surface area (Å²) in [6.07, 6.45) is 0.511. The minimum absolute atomic E-state index is 0.0570. The lowest BCUT2D eigenvalue weighted by Crippen LogP contribution is -2.35. The van der Waals surface area contributed by atoms with E-state index in [2.05, 4.69) is 17.4 Å². The SMILES string of the molecule is O=C(N[C@H]1CCS(=O)(=O)C1)c1cc2sc3ccccc3c2s1. The van der Waals surface area contributed by atoms with Crippen LogP contribution < -0.4 is 5.32 Å². The van der Waals surface area contributed by atoms with Crippen LogP contribution in [-0.4, -0.2) is 31.9 Å². The molecular formula is C15H13NO3S3. The molecule has 1 atom stereocenters. The molecule has 1 aliphatic rings. The van der Waals surface area contributed by atoms with E-state index in [0.29, 0.717) is 11.3 Å². The largest absolute Gasteiger partial charge is 0.348 e. The van der Waals surface area contributed by atoms with E-state index in [1.54, 1.807) is 11.3 Å². The molecule has 0 unspecified atom stereocenters. The Morgan fingerprint density at radius 3 is 2.77 bits per heavy atom. The highest BCUT2D eigenvalue weighted by atomic mass is 32.2. The highest BCUT2D eigenvalue weighted by Gasteiger charge is 2.29. The zero-order chi connectivity index (χ0) is 15.3. The van der Waals surface area contributed by atoms with E-state index < -0.39 is 9.84 Å². The number of hydrogen-bond acceptors (Lipinski definition) is 5. The molecule has 0 spiro atoms. The lowest BCUT2D eigenvalue weighted by molar-refractivity contribution is 0.0945. The summed E-state index contributed by atoms with van der Waals surface area (Å²) in [7, 11) is -2.98. The second-order valence-corrected chi connectivity index (χ2v) is 9.84. The van der Waals surface area contributed by atoms with E-state index in [4.69, 9.17) is 0 Å². The predicted molar refractivity (Wildman–Crippen MR) is 91.7 cm³/mol. The van der Waals surface area contributed by atoms with Crippen molar-refractivity contribution < 1.29 is 13.2 Å². The van der Waals surface area contributed by atoms with Crippen LogP contribution in [0, 0.1) is 0 Å². The van der Waals surface area contributed by atoms with Crippen LogP contribution >= 0.6 is 22.7 Å². The van der Waals surface area contributed by atoms with Gasteiger partial charge >= 0.3 is 0 Å². The van der Waals surface area contributed by atoms with Gasteiger partial charge in [-0.15, -0.1) is 22.7 Å². The summed E-state index contributed by atoms with van der Waals surface area (Å²) in [5, 5.41) is 4.02. The smallest absolute Gasteiger partial charge is 0.261 e. The van der Waals surface area contributed by atoms with Crippen LogP contribution in [0.1, 0.15) is 16.1 Å². The number of benzene rings is 1. The minimum Gasteiger partial charge on any atom is -0.348 e. The van der Waals surface area contributed by atoms with Gasteiger partial charge < -0.3 is 5.32 Å². The summed E-state index contributed by atoms with van der Waals surface area (Å²) in [6, 6.07) is 9.80. The zero-order valence-electron chi connectivity index (χ0n) is 11.5. The number of nitrogens with one attached hydrogen (secondary N) is 1. The number of thiophene rings is 2. The van der Waals surface area contributed by atoms with Crippen LogP contribution in [0.5, 0.6) is 0 Å². The van der Waals surface area contributed by atoms with Gasteiger partial charge in [-0.25, -0.2) is 8.42 Å². The molecule has 0 saturated carbocycles. The molecule has 1 amide bonds. The predicted octanol–water partition coefficient (Wildman–Crippen LogP) is 3.03. The fourth-order valence-electron chi connectivity index (χ4n) is 2.78. The Hall–Kier alpha value is -1.44. The average molecular weight is 351 g/mol. The van der Waals surface area contributed by atoms with Crippen molar-refractivity contribution >= 4 is 57.9 Å². The third kappa shape index (κ3) is 2.43. The third-order valence-electron chi connectivity index (χ3n) is 3.84. The number of carbonyl (C=O) groups is 1. The van der Waals surface area contributed by atoms with Gasteiger partial charge in [0.25, 0.3) is 5.91 Å². The number of sulfone groups is 1. The monoisotopic (exact) mass is 351 g/mol. The molecular weight excluding hydrogens is 338 g/mol. The Bertz CT molecular complexity index is 984. The molecule has 114 valence electrons. The summed E-state index contributed by atoms with van der Waals surface area (Å²) >= 11 is 3.15. The summed E-state index contributed by atoms with van der Waals surface area (Å²) in [5.74, 6) is 0.0587. The maximum atomic E-state index is 12.3. The number of fused-ring (bicyclic) bond motifs is 3. The second-order valence-electron chi connectivity index (χ2n) is 5.48. The Morgan fingerprint density at radius 1 is 1.18 bits per heavy atom. The number of carbonyl (C=O) groups excluding carboxylic acids is 1. The van der Waals surface area contributed by atoms with Gasteiger partial charge in [0.1, 0.15) is 0 Å². The van der Waals surface area contributed by atoms with Crippen LogP contribution in [0.3, 0.4) is 0 Å². The average Bonchev–Trinajstić information content (AvgIpc) is 3.11. The molecule has 7 heteroatoms. The standard InChI is InChI=1S/C15H13NO3S3/c17-15(16-9-5-6-22(18,19)8-9)13-7-12-14(21-13)10-3-1-2-4-11(10)20-12/h1-4,7,9H,5-6,8H2,(H,16,17)/t9-/m0/s1. The molecule has 1 fully saturated rings. The first-order valence-corrected chi connectivity index (χ1v) is 10.4. The molecule has 1 aliphatic heterocycles. The van der Waals surface area contributed by atoms with Gasteiger partial charge in [0.2, 0.25) is 0 Å². The van der Waals surface area contributed by atoms with Gasteiger partial charge in [-0.3, -0.25) is 4.79 Å². The molecule has 1 aromatic carbocycles. The van der Waals surface area contributed by atoms with Crippen molar-refractivity contribution in [3.63, 3.8) is 0 Å². The molecule has 0 radical (unpaired) electrons. The molecule has 0 bridgehead atoms. The molecule has 3 aromatic rings. The Kier molecular flexibility index (Phi) is 3.25. The minimum atomic E-state index is -2.98. The van der Waals surface area contributed by atoms with Crippen molar-refractivity contribution in [1.29, 1.82) is 0 Å². The van der Waals surface area contributed by atoms with E-state index in [9.17, 15) is 13.2 Å². The zero-order valence-corrected chi connectivity index (χ0v) is 14.0. The van der Waals surface area contributed by atoms with E-state index in [1.165, 1.54) is 21.4 Å². The van der Waals surface area contributed by atoms with Crippen LogP contribution in [0.2, 0.25) is 0 Å². The van der Waals surface area contributed by atoms with Gasteiger partial charge in [-0.2, -0.15) is 0 Å². The maximum absolute atomic E-state index is 12.3. The van der Waals surface area contributed by atoms with Crippen molar-refractivity contribution in [2.24, 2.45) is 0 Å². The molecule has 4 rings (SSSR count). The van der Waals surface area contributed by atoms with Crippen LogP contribution in [0.15, 0.2) is 30.3 Å². The van der Waals surface area contributed by atoms with Gasteiger partial charge in [0, 0.05) is 20.8 Å². The number of rotatable bonds is 2. The van der Waals surface area contributed by atoms with Crippen molar-refractivity contribution in [2.75, 3.05) is 11.5 Å². The Morgan fingerprint density at radius 2 is 2.00 bits per heavy atom. The maximum Gasteiger partial charge on any atom is 0.261 e. The highest BCUT2D eigenvalue weighted by molar-refractivity contribution is 7.91. The highest BCUT2D eigenvalue weighted by Crippen LogP contribution is 2.39. The van der Waals surface area contributed by atoms with E-state index in [1.807, 2.05) is 18.2 Å². The lowest BCUT2D eigenvalue weighted by atomic mass is 10.2. The quantitative estimate of drug-likeness (QED) is 0.772. The van der Waals surface area contributed by atoms with Crippen LogP contribution in [0.25, 0.3) is 19.5 Å². The molecule has 0 aliphatic carbocycles. The van der Waals surface area contributed by atoms with E-state index >= 15 is 0 Å². The van der Waals surface area contributed by atoms with Gasteiger partial charge in [-0.05, 0) is 18.6 Å². The van der Waals surface area contributed by atoms with E-state index in [-0.39, 0.29) is 23.5 Å². The summed E-state index contributed by atoms with van der Waals surface area (Å²) in [4.78, 5) is 13.0. The van der Waals surface area contributed by atoms with Crippen molar-refractivity contribution in [2.45, 2.75) is 12.5 Å². The third-order valence-corrected chi connectivity index (χ3v) is 8.02. The van der Waals surface area contributed by atoms with Crippen molar-refractivity contribution in [3.8, 4) is 0 Å². The summed E-state index contributed by atoms with van der Waals surface area (Å²) in [5.41, 5.74) is 0. The summed E-state index contributed by atoms with van der Waals surface area (Å²) in [6.45, 7) is 0.